The summed E-state index contributed by atoms with van der Waals surface area (Å²) in [6, 6.07) is 8.18. The summed E-state index contributed by atoms with van der Waals surface area (Å²) in [5, 5.41) is 0. The number of nitrogens with zero attached hydrogens (tertiary/aromatic N) is 3. The summed E-state index contributed by atoms with van der Waals surface area (Å²) in [7, 11) is 2.05. The van der Waals surface area contributed by atoms with E-state index in [9.17, 15) is 0 Å². The Hall–Kier alpha value is -1.59. The van der Waals surface area contributed by atoms with E-state index in [4.69, 9.17) is 15.5 Å². The van der Waals surface area contributed by atoms with Gasteiger partial charge in [0.1, 0.15) is 0 Å². The van der Waals surface area contributed by atoms with Gasteiger partial charge in [-0.2, -0.15) is 0 Å². The summed E-state index contributed by atoms with van der Waals surface area (Å²) in [6.07, 6.45) is 0.110. The van der Waals surface area contributed by atoms with Crippen LogP contribution in [0.1, 0.15) is 0 Å². The summed E-state index contributed by atoms with van der Waals surface area (Å²) in [5.74, 6) is 0.998. The first-order chi connectivity index (χ1) is 8.79. The molecule has 1 saturated heterocycles. The number of morpholine rings is 1. The van der Waals surface area contributed by atoms with Crippen molar-refractivity contribution in [2.45, 2.75) is 6.10 Å². The van der Waals surface area contributed by atoms with Crippen LogP contribution in [0.4, 0.5) is 5.95 Å². The maximum absolute atomic E-state index is 5.68. The molecule has 0 spiro atoms. The Morgan fingerprint density at radius 2 is 2.28 bits per heavy atom. The van der Waals surface area contributed by atoms with Gasteiger partial charge in [0.15, 0.2) is 0 Å². The number of aryl methyl sites for hydroxylation is 1. The highest BCUT2D eigenvalue weighted by atomic mass is 16.5. The molecule has 1 atom stereocenters. The van der Waals surface area contributed by atoms with Crippen molar-refractivity contribution in [2.75, 3.05) is 31.1 Å². The molecule has 0 radical (unpaired) electrons. The summed E-state index contributed by atoms with van der Waals surface area (Å²) < 4.78 is 7.72. The highest BCUT2D eigenvalue weighted by Crippen LogP contribution is 2.22. The molecule has 2 heterocycles. The van der Waals surface area contributed by atoms with E-state index in [2.05, 4.69) is 22.6 Å². The first-order valence-corrected chi connectivity index (χ1v) is 6.27. The number of aromatic nitrogens is 2. The first kappa shape index (κ1) is 11.5. The molecule has 5 heteroatoms. The van der Waals surface area contributed by atoms with E-state index >= 15 is 0 Å². The molecule has 1 unspecified atom stereocenters. The van der Waals surface area contributed by atoms with Gasteiger partial charge in [-0.3, -0.25) is 0 Å². The van der Waals surface area contributed by atoms with Crippen molar-refractivity contribution in [1.29, 1.82) is 0 Å². The molecule has 18 heavy (non-hydrogen) atoms. The minimum atomic E-state index is 0.110. The third kappa shape index (κ3) is 1.85. The molecular weight excluding hydrogens is 228 g/mol. The van der Waals surface area contributed by atoms with Crippen molar-refractivity contribution in [2.24, 2.45) is 12.8 Å². The monoisotopic (exact) mass is 246 g/mol. The van der Waals surface area contributed by atoms with Gasteiger partial charge >= 0.3 is 0 Å². The molecule has 1 aromatic heterocycles. The van der Waals surface area contributed by atoms with E-state index in [1.165, 1.54) is 0 Å². The predicted molar refractivity (Wildman–Crippen MR) is 71.7 cm³/mol. The van der Waals surface area contributed by atoms with Gasteiger partial charge in [-0.25, -0.2) is 4.98 Å². The van der Waals surface area contributed by atoms with E-state index in [1.807, 2.05) is 18.2 Å². The SMILES string of the molecule is Cn1c(N2CCOC(CN)C2)nc2ccccc21. The number of anilines is 1. The average molecular weight is 246 g/mol. The number of rotatable bonds is 2. The Balaban J connectivity index is 1.96. The molecular formula is C13H18N4O. The average Bonchev–Trinajstić information content (AvgIpc) is 2.77. The summed E-state index contributed by atoms with van der Waals surface area (Å²) >= 11 is 0. The Morgan fingerprint density at radius 3 is 3.06 bits per heavy atom. The standard InChI is InChI=1S/C13H18N4O/c1-16-12-5-3-2-4-11(12)15-13(16)17-6-7-18-10(8-14)9-17/h2-5,10H,6-9,14H2,1H3. The molecule has 5 nitrogen and oxygen atoms in total. The number of para-hydroxylation sites is 2. The molecule has 1 aliphatic heterocycles. The van der Waals surface area contributed by atoms with Gasteiger partial charge in [0, 0.05) is 26.7 Å². The smallest absolute Gasteiger partial charge is 0.206 e. The largest absolute Gasteiger partial charge is 0.373 e. The molecule has 0 aliphatic carbocycles. The fourth-order valence-electron chi connectivity index (χ4n) is 2.46. The van der Waals surface area contributed by atoms with Crippen LogP contribution in [0, 0.1) is 0 Å². The van der Waals surface area contributed by atoms with Crippen LogP contribution in [0.15, 0.2) is 24.3 Å². The lowest BCUT2D eigenvalue weighted by molar-refractivity contribution is 0.0458. The Kier molecular flexibility index (Phi) is 2.93. The number of benzene rings is 1. The topological polar surface area (TPSA) is 56.3 Å². The number of imidazole rings is 1. The van der Waals surface area contributed by atoms with Crippen LogP contribution in [0.2, 0.25) is 0 Å². The van der Waals surface area contributed by atoms with Gasteiger partial charge in [-0.05, 0) is 12.1 Å². The highest BCUT2D eigenvalue weighted by molar-refractivity contribution is 5.78. The molecule has 1 aliphatic rings. The molecule has 3 rings (SSSR count). The van der Waals surface area contributed by atoms with Crippen molar-refractivity contribution in [3.05, 3.63) is 24.3 Å². The second-order valence-corrected chi connectivity index (χ2v) is 4.63. The van der Waals surface area contributed by atoms with Gasteiger partial charge in [0.25, 0.3) is 0 Å². The van der Waals surface area contributed by atoms with Crippen LogP contribution < -0.4 is 10.6 Å². The summed E-state index contributed by atoms with van der Waals surface area (Å²) in [4.78, 5) is 6.95. The molecule has 96 valence electrons. The van der Waals surface area contributed by atoms with Crippen molar-refractivity contribution < 1.29 is 4.74 Å². The van der Waals surface area contributed by atoms with Crippen LogP contribution >= 0.6 is 0 Å². The second kappa shape index (κ2) is 4.59. The van der Waals surface area contributed by atoms with Crippen LogP contribution in [-0.2, 0) is 11.8 Å². The first-order valence-electron chi connectivity index (χ1n) is 6.27. The zero-order chi connectivity index (χ0) is 12.5. The molecule has 0 bridgehead atoms. The van der Waals surface area contributed by atoms with Gasteiger partial charge in [0.2, 0.25) is 5.95 Å². The van der Waals surface area contributed by atoms with Gasteiger partial charge in [0.05, 0.1) is 23.7 Å². The molecule has 2 aromatic rings. The van der Waals surface area contributed by atoms with E-state index in [-0.39, 0.29) is 6.10 Å². The van der Waals surface area contributed by atoms with E-state index < -0.39 is 0 Å². The number of hydrogen-bond acceptors (Lipinski definition) is 4. The Labute approximate surface area is 106 Å². The van der Waals surface area contributed by atoms with Crippen molar-refractivity contribution in [1.82, 2.24) is 9.55 Å². The molecule has 1 aromatic carbocycles. The number of fused-ring (bicyclic) bond motifs is 1. The third-order valence-electron chi connectivity index (χ3n) is 3.45. The number of nitrogens with two attached hydrogens (primary N) is 1. The van der Waals surface area contributed by atoms with Gasteiger partial charge < -0.3 is 19.9 Å². The van der Waals surface area contributed by atoms with E-state index in [0.717, 1.165) is 30.1 Å². The second-order valence-electron chi connectivity index (χ2n) is 4.63. The number of ether oxygens (including phenoxy) is 1. The van der Waals surface area contributed by atoms with E-state index in [1.54, 1.807) is 0 Å². The fourth-order valence-corrected chi connectivity index (χ4v) is 2.46. The Bertz CT molecular complexity index is 551. The lowest BCUT2D eigenvalue weighted by atomic mass is 10.3. The fraction of sp³-hybridized carbons (Fsp3) is 0.462. The minimum Gasteiger partial charge on any atom is -0.373 e. The van der Waals surface area contributed by atoms with Gasteiger partial charge in [-0.15, -0.1) is 0 Å². The Morgan fingerprint density at radius 1 is 1.44 bits per heavy atom. The quantitative estimate of drug-likeness (QED) is 0.849. The van der Waals surface area contributed by atoms with Crippen molar-refractivity contribution in [3.63, 3.8) is 0 Å². The summed E-state index contributed by atoms with van der Waals surface area (Å²) in [6.45, 7) is 2.95. The molecule has 2 N–H and O–H groups in total. The summed E-state index contributed by atoms with van der Waals surface area (Å²) in [5.41, 5.74) is 7.87. The maximum atomic E-state index is 5.68. The lowest BCUT2D eigenvalue weighted by Gasteiger charge is -2.32. The van der Waals surface area contributed by atoms with Crippen LogP contribution in [0.3, 0.4) is 0 Å². The predicted octanol–water partition coefficient (Wildman–Crippen LogP) is 0.737. The van der Waals surface area contributed by atoms with Crippen molar-refractivity contribution in [3.8, 4) is 0 Å². The maximum Gasteiger partial charge on any atom is 0.206 e. The van der Waals surface area contributed by atoms with Crippen molar-refractivity contribution >= 4 is 17.0 Å². The molecule has 0 amide bonds. The van der Waals surface area contributed by atoms with E-state index in [0.29, 0.717) is 13.2 Å². The minimum absolute atomic E-state index is 0.110. The number of hydrogen-bond donors (Lipinski definition) is 1. The normalized spacial score (nSPS) is 20.6. The zero-order valence-corrected chi connectivity index (χ0v) is 10.5. The van der Waals surface area contributed by atoms with Crippen LogP contribution in [0.5, 0.6) is 0 Å². The lowest BCUT2D eigenvalue weighted by Crippen LogP contribution is -2.46. The van der Waals surface area contributed by atoms with Gasteiger partial charge in [-0.1, -0.05) is 12.1 Å². The van der Waals surface area contributed by atoms with Crippen LogP contribution in [0.25, 0.3) is 11.0 Å². The highest BCUT2D eigenvalue weighted by Gasteiger charge is 2.22. The third-order valence-corrected chi connectivity index (χ3v) is 3.45. The zero-order valence-electron chi connectivity index (χ0n) is 10.5. The molecule has 1 fully saturated rings. The molecule has 0 saturated carbocycles. The van der Waals surface area contributed by atoms with Crippen LogP contribution in [-0.4, -0.2) is 41.9 Å².